The maximum absolute atomic E-state index is 8.98. The normalized spacial score (nSPS) is 17.7. The molecule has 92 valence electrons. The predicted molar refractivity (Wildman–Crippen MR) is 62.7 cm³/mol. The Bertz CT molecular complexity index is 397. The molecule has 2 heterocycles. The van der Waals surface area contributed by atoms with E-state index in [0.29, 0.717) is 6.54 Å². The first kappa shape index (κ1) is 10.9. The Kier molecular flexibility index (Phi) is 2.91. The van der Waals surface area contributed by atoms with E-state index in [1.54, 1.807) is 0 Å². The Morgan fingerprint density at radius 3 is 2.88 bits per heavy atom. The molecule has 4 heteroatoms. The van der Waals surface area contributed by atoms with Gasteiger partial charge in [0.15, 0.2) is 0 Å². The Hall–Kier alpha value is -1.26. The molecule has 0 aliphatic carbocycles. The van der Waals surface area contributed by atoms with Crippen molar-refractivity contribution in [1.82, 2.24) is 5.48 Å². The van der Waals surface area contributed by atoms with Crippen molar-refractivity contribution < 1.29 is 14.7 Å². The summed E-state index contributed by atoms with van der Waals surface area (Å²) in [5.41, 5.74) is 5.72. The standard InChI is InChI=1S/C13H17NO3/c15-14-8-11-10-4-2-5-16-12(10)7-9-3-1-6-17-13(9)11/h7,14-15H,1-6,8H2. The molecule has 0 atom stereocenters. The van der Waals surface area contributed by atoms with Crippen LogP contribution in [0.4, 0.5) is 0 Å². The topological polar surface area (TPSA) is 50.7 Å². The summed E-state index contributed by atoms with van der Waals surface area (Å²) in [6, 6.07) is 2.11. The summed E-state index contributed by atoms with van der Waals surface area (Å²) in [6.45, 7) is 1.98. The summed E-state index contributed by atoms with van der Waals surface area (Å²) in [5, 5.41) is 8.98. The molecule has 0 saturated heterocycles. The van der Waals surface area contributed by atoms with Gasteiger partial charge in [0.05, 0.1) is 13.2 Å². The summed E-state index contributed by atoms with van der Waals surface area (Å²) in [4.78, 5) is 0. The highest BCUT2D eigenvalue weighted by Crippen LogP contribution is 2.39. The van der Waals surface area contributed by atoms with Gasteiger partial charge < -0.3 is 14.7 Å². The van der Waals surface area contributed by atoms with Crippen LogP contribution in [0.5, 0.6) is 11.5 Å². The molecule has 3 rings (SSSR count). The van der Waals surface area contributed by atoms with Crippen molar-refractivity contribution in [2.75, 3.05) is 13.2 Å². The average molecular weight is 235 g/mol. The van der Waals surface area contributed by atoms with Gasteiger partial charge in [-0.25, -0.2) is 5.48 Å². The van der Waals surface area contributed by atoms with Crippen LogP contribution in [-0.2, 0) is 19.4 Å². The van der Waals surface area contributed by atoms with Crippen molar-refractivity contribution in [3.8, 4) is 11.5 Å². The van der Waals surface area contributed by atoms with E-state index in [0.717, 1.165) is 56.0 Å². The Morgan fingerprint density at radius 1 is 1.18 bits per heavy atom. The van der Waals surface area contributed by atoms with E-state index in [4.69, 9.17) is 14.7 Å². The number of rotatable bonds is 2. The molecule has 2 aliphatic rings. The van der Waals surface area contributed by atoms with Gasteiger partial charge in [-0.05, 0) is 37.3 Å². The van der Waals surface area contributed by atoms with E-state index in [-0.39, 0.29) is 0 Å². The van der Waals surface area contributed by atoms with Crippen LogP contribution in [0.3, 0.4) is 0 Å². The van der Waals surface area contributed by atoms with Crippen LogP contribution in [0.1, 0.15) is 29.5 Å². The summed E-state index contributed by atoms with van der Waals surface area (Å²) < 4.78 is 11.5. The first-order chi connectivity index (χ1) is 8.40. The molecule has 0 spiro atoms. The summed E-state index contributed by atoms with van der Waals surface area (Å²) in [5.74, 6) is 1.94. The largest absolute Gasteiger partial charge is 0.493 e. The molecule has 0 aromatic heterocycles. The fourth-order valence-corrected chi connectivity index (χ4v) is 2.69. The highest BCUT2D eigenvalue weighted by atomic mass is 16.5. The summed E-state index contributed by atoms with van der Waals surface area (Å²) >= 11 is 0. The Labute approximate surface area is 100 Å². The second-order valence-electron chi connectivity index (χ2n) is 4.56. The van der Waals surface area contributed by atoms with Crippen molar-refractivity contribution >= 4 is 0 Å². The molecule has 17 heavy (non-hydrogen) atoms. The van der Waals surface area contributed by atoms with E-state index in [2.05, 4.69) is 11.5 Å². The molecule has 0 amide bonds. The number of nitrogens with one attached hydrogen (secondary N) is 1. The van der Waals surface area contributed by atoms with Gasteiger partial charge in [-0.3, -0.25) is 0 Å². The maximum Gasteiger partial charge on any atom is 0.127 e. The van der Waals surface area contributed by atoms with Crippen molar-refractivity contribution in [1.29, 1.82) is 0 Å². The van der Waals surface area contributed by atoms with Crippen molar-refractivity contribution in [2.24, 2.45) is 0 Å². The lowest BCUT2D eigenvalue weighted by atomic mass is 9.93. The first-order valence-corrected chi connectivity index (χ1v) is 6.20. The van der Waals surface area contributed by atoms with Crippen LogP contribution in [0.15, 0.2) is 6.07 Å². The van der Waals surface area contributed by atoms with Crippen molar-refractivity contribution in [3.63, 3.8) is 0 Å². The third kappa shape index (κ3) is 1.87. The van der Waals surface area contributed by atoms with E-state index in [1.807, 2.05) is 0 Å². The lowest BCUT2D eigenvalue weighted by molar-refractivity contribution is 0.158. The minimum absolute atomic E-state index is 0.425. The van der Waals surface area contributed by atoms with Gasteiger partial charge in [-0.1, -0.05) is 0 Å². The lowest BCUT2D eigenvalue weighted by Gasteiger charge is -2.27. The monoisotopic (exact) mass is 235 g/mol. The average Bonchev–Trinajstić information content (AvgIpc) is 2.39. The molecule has 0 bridgehead atoms. The maximum atomic E-state index is 8.98. The predicted octanol–water partition coefficient (Wildman–Crippen LogP) is 1.82. The van der Waals surface area contributed by atoms with Gasteiger partial charge in [0.25, 0.3) is 0 Å². The first-order valence-electron chi connectivity index (χ1n) is 6.20. The third-order valence-corrected chi connectivity index (χ3v) is 3.45. The molecule has 2 aliphatic heterocycles. The number of benzene rings is 1. The number of hydroxylamine groups is 1. The van der Waals surface area contributed by atoms with E-state index in [1.165, 1.54) is 11.1 Å². The lowest BCUT2D eigenvalue weighted by Crippen LogP contribution is -2.19. The molecule has 4 nitrogen and oxygen atoms in total. The number of ether oxygens (including phenoxy) is 2. The van der Waals surface area contributed by atoms with Crippen molar-refractivity contribution in [2.45, 2.75) is 32.2 Å². The van der Waals surface area contributed by atoms with Crippen LogP contribution in [-0.4, -0.2) is 18.4 Å². The van der Waals surface area contributed by atoms with E-state index >= 15 is 0 Å². The Morgan fingerprint density at radius 2 is 2.00 bits per heavy atom. The molecule has 1 aromatic carbocycles. The van der Waals surface area contributed by atoms with Gasteiger partial charge in [0.2, 0.25) is 0 Å². The zero-order valence-corrected chi connectivity index (χ0v) is 9.79. The zero-order valence-electron chi connectivity index (χ0n) is 9.79. The van der Waals surface area contributed by atoms with Crippen LogP contribution < -0.4 is 15.0 Å². The highest BCUT2D eigenvalue weighted by molar-refractivity contribution is 5.55. The highest BCUT2D eigenvalue weighted by Gasteiger charge is 2.23. The van der Waals surface area contributed by atoms with Crippen LogP contribution in [0.25, 0.3) is 0 Å². The number of hydrogen-bond acceptors (Lipinski definition) is 4. The second kappa shape index (κ2) is 4.55. The number of fused-ring (bicyclic) bond motifs is 2. The molecule has 2 N–H and O–H groups in total. The molecule has 0 saturated carbocycles. The quantitative estimate of drug-likeness (QED) is 0.768. The summed E-state index contributed by atoms with van der Waals surface area (Å²) in [7, 11) is 0. The smallest absolute Gasteiger partial charge is 0.127 e. The number of hydrogen-bond donors (Lipinski definition) is 2. The van der Waals surface area contributed by atoms with Crippen molar-refractivity contribution in [3.05, 3.63) is 22.8 Å². The van der Waals surface area contributed by atoms with Gasteiger partial charge >= 0.3 is 0 Å². The molecule has 0 fully saturated rings. The number of aryl methyl sites for hydroxylation is 1. The molecule has 1 aromatic rings. The molecular weight excluding hydrogens is 218 g/mol. The molecule has 0 radical (unpaired) electrons. The molecular formula is C13H17NO3. The van der Waals surface area contributed by atoms with Crippen LogP contribution in [0.2, 0.25) is 0 Å². The second-order valence-corrected chi connectivity index (χ2v) is 4.56. The van der Waals surface area contributed by atoms with E-state index in [9.17, 15) is 0 Å². The van der Waals surface area contributed by atoms with E-state index < -0.39 is 0 Å². The van der Waals surface area contributed by atoms with Gasteiger partial charge in [0.1, 0.15) is 11.5 Å². The Balaban J connectivity index is 2.12. The van der Waals surface area contributed by atoms with Crippen LogP contribution in [0, 0.1) is 0 Å². The van der Waals surface area contributed by atoms with Gasteiger partial charge in [-0.15, -0.1) is 0 Å². The van der Waals surface area contributed by atoms with Gasteiger partial charge in [0, 0.05) is 17.7 Å². The van der Waals surface area contributed by atoms with Crippen LogP contribution >= 0.6 is 0 Å². The van der Waals surface area contributed by atoms with Gasteiger partial charge in [-0.2, -0.15) is 0 Å². The SMILES string of the molecule is ONCc1c2c(cc3c1OCCC3)OCCC2. The fourth-order valence-electron chi connectivity index (χ4n) is 2.69. The summed E-state index contributed by atoms with van der Waals surface area (Å²) in [6.07, 6.45) is 4.12. The minimum Gasteiger partial charge on any atom is -0.493 e. The third-order valence-electron chi connectivity index (χ3n) is 3.45. The molecule has 0 unspecified atom stereocenters. The fraction of sp³-hybridized carbons (Fsp3) is 0.538. The minimum atomic E-state index is 0.425. The zero-order chi connectivity index (χ0) is 11.7.